The normalized spacial score (nSPS) is 16.4. The van der Waals surface area contributed by atoms with Crippen molar-refractivity contribution < 1.29 is 23.8 Å². The highest BCUT2D eigenvalue weighted by Gasteiger charge is 2.27. The van der Waals surface area contributed by atoms with Gasteiger partial charge in [0.2, 0.25) is 0 Å². The third-order valence-corrected chi connectivity index (χ3v) is 3.12. The van der Waals surface area contributed by atoms with E-state index in [1.165, 1.54) is 11.2 Å². The molecular formula is C12H16N2O5. The molecule has 0 aliphatic carbocycles. The second kappa shape index (κ2) is 5.73. The highest BCUT2D eigenvalue weighted by Crippen LogP contribution is 2.27. The standard InChI is InChI=1S/C12H16N2O5/c1-2-18-11(15)9-7-19-10(13-9)8-3-5-14(6-4-8)12(16)17/h7-8H,2-6H2,1H3,(H,16,17). The first kappa shape index (κ1) is 13.4. The summed E-state index contributed by atoms with van der Waals surface area (Å²) in [7, 11) is 0. The molecule has 2 heterocycles. The van der Waals surface area contributed by atoms with E-state index < -0.39 is 12.1 Å². The molecule has 7 heteroatoms. The third kappa shape index (κ3) is 3.04. The van der Waals surface area contributed by atoms with Gasteiger partial charge in [-0.3, -0.25) is 0 Å². The summed E-state index contributed by atoms with van der Waals surface area (Å²) in [4.78, 5) is 27.7. The van der Waals surface area contributed by atoms with E-state index in [-0.39, 0.29) is 18.2 Å². The van der Waals surface area contributed by atoms with Gasteiger partial charge in [0.1, 0.15) is 6.26 Å². The van der Waals surface area contributed by atoms with Gasteiger partial charge in [0.25, 0.3) is 0 Å². The fourth-order valence-corrected chi connectivity index (χ4v) is 2.09. The van der Waals surface area contributed by atoms with Crippen molar-refractivity contribution in [2.75, 3.05) is 19.7 Å². The number of carbonyl (C=O) groups is 2. The van der Waals surface area contributed by atoms with Crippen LogP contribution in [0.5, 0.6) is 0 Å². The largest absolute Gasteiger partial charge is 0.465 e. The van der Waals surface area contributed by atoms with E-state index in [1.54, 1.807) is 6.92 Å². The number of aromatic nitrogens is 1. The number of carboxylic acid groups (broad SMARTS) is 1. The molecule has 0 atom stereocenters. The Labute approximate surface area is 110 Å². The third-order valence-electron chi connectivity index (χ3n) is 3.12. The molecule has 1 amide bonds. The van der Waals surface area contributed by atoms with Crippen molar-refractivity contribution in [3.63, 3.8) is 0 Å². The zero-order chi connectivity index (χ0) is 13.8. The van der Waals surface area contributed by atoms with E-state index in [1.807, 2.05) is 0 Å². The summed E-state index contributed by atoms with van der Waals surface area (Å²) in [6.45, 7) is 2.92. The van der Waals surface area contributed by atoms with Crippen LogP contribution in [-0.4, -0.2) is 46.7 Å². The second-order valence-electron chi connectivity index (χ2n) is 4.34. The van der Waals surface area contributed by atoms with Crippen LogP contribution in [-0.2, 0) is 4.74 Å². The number of rotatable bonds is 3. The molecule has 1 fully saturated rings. The molecule has 2 rings (SSSR count). The summed E-state index contributed by atoms with van der Waals surface area (Å²) in [5, 5.41) is 8.86. The van der Waals surface area contributed by atoms with Crippen molar-refractivity contribution >= 4 is 12.1 Å². The minimum absolute atomic E-state index is 0.0544. The Kier molecular flexibility index (Phi) is 4.03. The van der Waals surface area contributed by atoms with Crippen molar-refractivity contribution in [1.29, 1.82) is 0 Å². The molecule has 1 aromatic rings. The minimum Gasteiger partial charge on any atom is -0.465 e. The lowest BCUT2D eigenvalue weighted by Gasteiger charge is -2.28. The molecule has 1 aliphatic heterocycles. The smallest absolute Gasteiger partial charge is 0.407 e. The van der Waals surface area contributed by atoms with Crippen molar-refractivity contribution in [2.45, 2.75) is 25.7 Å². The van der Waals surface area contributed by atoms with E-state index >= 15 is 0 Å². The van der Waals surface area contributed by atoms with Crippen molar-refractivity contribution in [2.24, 2.45) is 0 Å². The Morgan fingerprint density at radius 3 is 2.79 bits per heavy atom. The molecule has 7 nitrogen and oxygen atoms in total. The average molecular weight is 268 g/mol. The van der Waals surface area contributed by atoms with Crippen LogP contribution in [0.3, 0.4) is 0 Å². The Hall–Kier alpha value is -2.05. The number of esters is 1. The first-order valence-electron chi connectivity index (χ1n) is 6.22. The summed E-state index contributed by atoms with van der Waals surface area (Å²) < 4.78 is 10.1. The van der Waals surface area contributed by atoms with Gasteiger partial charge in [0.05, 0.1) is 6.61 Å². The van der Waals surface area contributed by atoms with Gasteiger partial charge in [0, 0.05) is 19.0 Å². The maximum atomic E-state index is 11.5. The molecule has 1 N–H and O–H groups in total. The molecule has 1 saturated heterocycles. The van der Waals surface area contributed by atoms with Crippen LogP contribution in [0.15, 0.2) is 10.7 Å². The van der Waals surface area contributed by atoms with Gasteiger partial charge >= 0.3 is 12.1 Å². The predicted molar refractivity (Wildman–Crippen MR) is 64.0 cm³/mol. The quantitative estimate of drug-likeness (QED) is 0.839. The summed E-state index contributed by atoms with van der Waals surface area (Å²) >= 11 is 0. The lowest BCUT2D eigenvalue weighted by Crippen LogP contribution is -2.36. The molecule has 0 radical (unpaired) electrons. The van der Waals surface area contributed by atoms with Crippen LogP contribution in [0.4, 0.5) is 4.79 Å². The van der Waals surface area contributed by atoms with Gasteiger partial charge in [-0.1, -0.05) is 0 Å². The summed E-state index contributed by atoms with van der Waals surface area (Å²) in [5.41, 5.74) is 0.164. The van der Waals surface area contributed by atoms with E-state index in [9.17, 15) is 9.59 Å². The first-order chi connectivity index (χ1) is 9.11. The Morgan fingerprint density at radius 2 is 2.21 bits per heavy atom. The SMILES string of the molecule is CCOC(=O)c1coc(C2CCN(C(=O)O)CC2)n1. The lowest BCUT2D eigenvalue weighted by molar-refractivity contribution is 0.0519. The van der Waals surface area contributed by atoms with Crippen LogP contribution < -0.4 is 0 Å². The summed E-state index contributed by atoms with van der Waals surface area (Å²) in [6.07, 6.45) is 1.68. The lowest BCUT2D eigenvalue weighted by atomic mass is 9.97. The highest BCUT2D eigenvalue weighted by molar-refractivity contribution is 5.86. The fourth-order valence-electron chi connectivity index (χ4n) is 2.09. The summed E-state index contributed by atoms with van der Waals surface area (Å²) in [6, 6.07) is 0. The molecular weight excluding hydrogens is 252 g/mol. The van der Waals surface area contributed by atoms with Crippen LogP contribution in [0, 0.1) is 0 Å². The van der Waals surface area contributed by atoms with Crippen LogP contribution in [0.25, 0.3) is 0 Å². The number of oxazole rings is 1. The van der Waals surface area contributed by atoms with E-state index in [2.05, 4.69) is 4.98 Å². The molecule has 0 bridgehead atoms. The highest BCUT2D eigenvalue weighted by atomic mass is 16.5. The van der Waals surface area contributed by atoms with Crippen molar-refractivity contribution in [1.82, 2.24) is 9.88 Å². The number of hydrogen-bond donors (Lipinski definition) is 1. The summed E-state index contributed by atoms with van der Waals surface area (Å²) in [5.74, 6) is 0.0346. The number of amides is 1. The zero-order valence-electron chi connectivity index (χ0n) is 10.7. The van der Waals surface area contributed by atoms with E-state index in [0.717, 1.165) is 0 Å². The molecule has 1 aliphatic rings. The Bertz CT molecular complexity index is 462. The Balaban J connectivity index is 1.97. The molecule has 1 aromatic heterocycles. The number of nitrogens with zero attached hydrogens (tertiary/aromatic N) is 2. The van der Waals surface area contributed by atoms with Gasteiger partial charge in [-0.15, -0.1) is 0 Å². The first-order valence-corrected chi connectivity index (χ1v) is 6.22. The molecule has 0 spiro atoms. The maximum absolute atomic E-state index is 11.5. The number of piperidine rings is 1. The zero-order valence-corrected chi connectivity index (χ0v) is 10.7. The van der Waals surface area contributed by atoms with Gasteiger partial charge in [-0.25, -0.2) is 14.6 Å². The molecule has 0 saturated carbocycles. The molecule has 0 aromatic carbocycles. The van der Waals surface area contributed by atoms with Crippen molar-refractivity contribution in [3.05, 3.63) is 17.8 Å². The number of hydrogen-bond acceptors (Lipinski definition) is 5. The van der Waals surface area contributed by atoms with Crippen LogP contribution in [0.1, 0.15) is 42.1 Å². The topological polar surface area (TPSA) is 92.9 Å². The molecule has 19 heavy (non-hydrogen) atoms. The van der Waals surface area contributed by atoms with E-state index in [4.69, 9.17) is 14.3 Å². The second-order valence-corrected chi connectivity index (χ2v) is 4.34. The Morgan fingerprint density at radius 1 is 1.53 bits per heavy atom. The number of carbonyl (C=O) groups excluding carboxylic acids is 1. The molecule has 0 unspecified atom stereocenters. The fraction of sp³-hybridized carbons (Fsp3) is 0.583. The predicted octanol–water partition coefficient (Wildman–Crippen LogP) is 1.71. The molecule has 104 valence electrons. The maximum Gasteiger partial charge on any atom is 0.407 e. The van der Waals surface area contributed by atoms with Gasteiger partial charge in [-0.05, 0) is 19.8 Å². The number of likely N-dealkylation sites (tertiary alicyclic amines) is 1. The average Bonchev–Trinajstić information content (AvgIpc) is 2.89. The van der Waals surface area contributed by atoms with Gasteiger partial charge in [-0.2, -0.15) is 0 Å². The minimum atomic E-state index is -0.905. The van der Waals surface area contributed by atoms with Gasteiger partial charge < -0.3 is 19.2 Å². The van der Waals surface area contributed by atoms with Crippen molar-refractivity contribution in [3.8, 4) is 0 Å². The van der Waals surface area contributed by atoms with E-state index in [0.29, 0.717) is 31.8 Å². The van der Waals surface area contributed by atoms with Gasteiger partial charge in [0.15, 0.2) is 11.6 Å². The van der Waals surface area contributed by atoms with Crippen LogP contribution in [0.2, 0.25) is 0 Å². The monoisotopic (exact) mass is 268 g/mol. The number of ether oxygens (including phenoxy) is 1. The van der Waals surface area contributed by atoms with Crippen LogP contribution >= 0.6 is 0 Å².